The van der Waals surface area contributed by atoms with Crippen LogP contribution in [0, 0.1) is 0 Å². The number of hydrogen-bond donors (Lipinski definition) is 1. The molecule has 1 aliphatic rings. The van der Waals surface area contributed by atoms with Crippen molar-refractivity contribution in [3.8, 4) is 11.3 Å². The van der Waals surface area contributed by atoms with Crippen molar-refractivity contribution < 1.29 is 45.4 Å². The van der Waals surface area contributed by atoms with Crippen LogP contribution in [0.1, 0.15) is 33.8 Å². The summed E-state index contributed by atoms with van der Waals surface area (Å²) in [6.45, 7) is 3.82. The first-order valence-corrected chi connectivity index (χ1v) is 16.8. The number of carbonyl (C=O) groups excluding carboxylic acids is 3. The number of sulfone groups is 1. The number of amides is 1. The van der Waals surface area contributed by atoms with Crippen LogP contribution in [0.4, 0.5) is 24.0 Å². The van der Waals surface area contributed by atoms with Crippen molar-refractivity contribution in [2.45, 2.75) is 24.1 Å². The zero-order chi connectivity index (χ0) is 33.8. The van der Waals surface area contributed by atoms with E-state index in [1.54, 1.807) is 42.5 Å². The number of aromatic nitrogens is 1. The van der Waals surface area contributed by atoms with Crippen LogP contribution in [0.15, 0.2) is 83.8 Å². The summed E-state index contributed by atoms with van der Waals surface area (Å²) in [4.78, 5) is 45.6. The quantitative estimate of drug-likeness (QED) is 0.171. The molecular formula is C32H28F3N3O7S2. The van der Waals surface area contributed by atoms with Crippen molar-refractivity contribution >= 4 is 49.7 Å². The van der Waals surface area contributed by atoms with Gasteiger partial charge in [-0.15, -0.1) is 0 Å². The topological polar surface area (TPSA) is 132 Å². The number of thiazole rings is 1. The molecule has 0 spiro atoms. The van der Waals surface area contributed by atoms with Crippen LogP contribution in [0.2, 0.25) is 0 Å². The van der Waals surface area contributed by atoms with Crippen LogP contribution in [0.5, 0.6) is 0 Å². The lowest BCUT2D eigenvalue weighted by molar-refractivity contribution is -0.205. The molecule has 10 nitrogen and oxygen atoms in total. The van der Waals surface area contributed by atoms with Gasteiger partial charge in [0, 0.05) is 35.5 Å². The number of anilines is 2. The third-order valence-corrected chi connectivity index (χ3v) is 9.93. The van der Waals surface area contributed by atoms with Gasteiger partial charge in [-0.05, 0) is 24.3 Å². The average Bonchev–Trinajstić information content (AvgIpc) is 3.50. The standard InChI is InChI=1S/C32H28F3N3O7S2/c1-2-47(42,43)24-13-11-21(12-14-24)27(45-30(41)32(33,34)35)29(40)37-31-36-25(28(46-31)26(39)20-7-4-3-5-8-20)22-9-6-10-23(19-22)38-15-17-44-18-16-38/h3-14,19,27H,2,15-18H2,1H3,(H,36,37,40). The first kappa shape index (κ1) is 33.8. The number of nitrogens with one attached hydrogen (secondary N) is 1. The lowest BCUT2D eigenvalue weighted by Gasteiger charge is -2.29. The van der Waals surface area contributed by atoms with E-state index in [9.17, 15) is 36.0 Å². The summed E-state index contributed by atoms with van der Waals surface area (Å²) in [5.41, 5.74) is 1.77. The van der Waals surface area contributed by atoms with Gasteiger partial charge in [-0.3, -0.25) is 14.9 Å². The summed E-state index contributed by atoms with van der Waals surface area (Å²) in [5, 5.41) is 2.26. The molecule has 0 saturated carbocycles. The number of ketones is 1. The molecular weight excluding hydrogens is 659 g/mol. The van der Waals surface area contributed by atoms with Crippen LogP contribution in [0.3, 0.4) is 0 Å². The second-order valence-electron chi connectivity index (χ2n) is 10.3. The molecule has 1 amide bonds. The van der Waals surface area contributed by atoms with Crippen molar-refractivity contribution in [3.05, 3.63) is 94.9 Å². The van der Waals surface area contributed by atoms with Gasteiger partial charge in [-0.1, -0.05) is 72.9 Å². The third kappa shape index (κ3) is 7.86. The fraction of sp³-hybridized carbons (Fsp3) is 0.250. The predicted octanol–water partition coefficient (Wildman–Crippen LogP) is 5.46. The maximum atomic E-state index is 13.7. The van der Waals surface area contributed by atoms with E-state index >= 15 is 0 Å². The van der Waals surface area contributed by atoms with Gasteiger partial charge in [0.1, 0.15) is 4.88 Å². The summed E-state index contributed by atoms with van der Waals surface area (Å²) in [6.07, 6.45) is -7.55. The van der Waals surface area contributed by atoms with Gasteiger partial charge in [0.25, 0.3) is 5.91 Å². The molecule has 246 valence electrons. The van der Waals surface area contributed by atoms with E-state index in [-0.39, 0.29) is 31.9 Å². The van der Waals surface area contributed by atoms with E-state index in [0.717, 1.165) is 41.3 Å². The molecule has 3 aromatic carbocycles. The molecule has 1 aliphatic heterocycles. The zero-order valence-electron chi connectivity index (χ0n) is 24.8. The highest BCUT2D eigenvalue weighted by Crippen LogP contribution is 2.36. The molecule has 1 N–H and O–H groups in total. The molecule has 0 radical (unpaired) electrons. The minimum Gasteiger partial charge on any atom is -0.441 e. The number of morpholine rings is 1. The Labute approximate surface area is 272 Å². The van der Waals surface area contributed by atoms with Crippen LogP contribution >= 0.6 is 11.3 Å². The minimum atomic E-state index is -5.42. The molecule has 1 fully saturated rings. The van der Waals surface area contributed by atoms with Gasteiger partial charge >= 0.3 is 12.1 Å². The van der Waals surface area contributed by atoms with Crippen LogP contribution < -0.4 is 10.2 Å². The largest absolute Gasteiger partial charge is 0.490 e. The molecule has 15 heteroatoms. The number of hydrogen-bond acceptors (Lipinski definition) is 10. The van der Waals surface area contributed by atoms with Crippen molar-refractivity contribution in [2.75, 3.05) is 42.3 Å². The first-order valence-electron chi connectivity index (χ1n) is 14.3. The lowest BCUT2D eigenvalue weighted by atomic mass is 10.0. The SMILES string of the molecule is CCS(=O)(=O)c1ccc(C(OC(=O)C(F)(F)F)C(=O)Nc2nc(-c3cccc(N4CCOCC4)c3)c(C(=O)c3ccccc3)s2)cc1. The van der Waals surface area contributed by atoms with Gasteiger partial charge in [0.05, 0.1) is 29.6 Å². The molecule has 2 heterocycles. The Morgan fingerprint density at radius 3 is 2.32 bits per heavy atom. The summed E-state index contributed by atoms with van der Waals surface area (Å²) >= 11 is 0.805. The van der Waals surface area contributed by atoms with Crippen LogP contribution in [-0.4, -0.2) is 69.3 Å². The van der Waals surface area contributed by atoms with E-state index in [1.165, 1.54) is 6.92 Å². The zero-order valence-corrected chi connectivity index (χ0v) is 26.5. The first-order chi connectivity index (χ1) is 22.4. The summed E-state index contributed by atoms with van der Waals surface area (Å²) in [6, 6.07) is 20.0. The van der Waals surface area contributed by atoms with Gasteiger partial charge in [-0.2, -0.15) is 13.2 Å². The fourth-order valence-corrected chi connectivity index (χ4v) is 6.59. The smallest absolute Gasteiger partial charge is 0.441 e. The molecule has 0 bridgehead atoms. The van der Waals surface area contributed by atoms with Gasteiger partial charge in [-0.25, -0.2) is 18.2 Å². The Morgan fingerprint density at radius 2 is 1.68 bits per heavy atom. The van der Waals surface area contributed by atoms with Crippen molar-refractivity contribution in [1.29, 1.82) is 0 Å². The molecule has 47 heavy (non-hydrogen) atoms. The van der Waals surface area contributed by atoms with E-state index in [4.69, 9.17) is 4.74 Å². The summed E-state index contributed by atoms with van der Waals surface area (Å²) in [7, 11) is -3.66. The Morgan fingerprint density at radius 1 is 1.00 bits per heavy atom. The van der Waals surface area contributed by atoms with Crippen molar-refractivity contribution in [2.24, 2.45) is 0 Å². The number of benzene rings is 3. The Balaban J connectivity index is 1.52. The highest BCUT2D eigenvalue weighted by atomic mass is 32.2. The Hall–Kier alpha value is -4.60. The summed E-state index contributed by atoms with van der Waals surface area (Å²) < 4.78 is 74.1. The predicted molar refractivity (Wildman–Crippen MR) is 168 cm³/mol. The molecule has 4 aromatic rings. The minimum absolute atomic E-state index is 0.127. The normalized spacial score (nSPS) is 14.3. The maximum absolute atomic E-state index is 13.7. The number of ether oxygens (including phenoxy) is 2. The maximum Gasteiger partial charge on any atom is 0.490 e. The molecule has 0 aliphatic carbocycles. The van der Waals surface area contributed by atoms with Crippen molar-refractivity contribution in [1.82, 2.24) is 4.98 Å². The number of carbonyl (C=O) groups is 3. The molecule has 1 saturated heterocycles. The third-order valence-electron chi connectivity index (χ3n) is 7.21. The molecule has 1 unspecified atom stereocenters. The number of esters is 1. The highest BCUT2D eigenvalue weighted by molar-refractivity contribution is 7.91. The second kappa shape index (κ2) is 14.0. The molecule has 1 aromatic heterocycles. The highest BCUT2D eigenvalue weighted by Gasteiger charge is 2.44. The monoisotopic (exact) mass is 687 g/mol. The Bertz CT molecular complexity index is 1870. The van der Waals surface area contributed by atoms with Gasteiger partial charge in [0.2, 0.25) is 11.9 Å². The number of alkyl halides is 3. The number of nitrogens with zero attached hydrogens (tertiary/aromatic N) is 2. The molecule has 1 atom stereocenters. The van der Waals surface area contributed by atoms with E-state index in [1.807, 2.05) is 12.1 Å². The second-order valence-corrected chi connectivity index (χ2v) is 13.6. The van der Waals surface area contributed by atoms with Gasteiger partial charge in [0.15, 0.2) is 15.0 Å². The van der Waals surface area contributed by atoms with Crippen LogP contribution in [0.25, 0.3) is 11.3 Å². The molecule has 5 rings (SSSR count). The number of halogens is 3. The van der Waals surface area contributed by atoms with E-state index < -0.39 is 39.8 Å². The van der Waals surface area contributed by atoms with Crippen LogP contribution in [-0.2, 0) is 28.9 Å². The average molecular weight is 688 g/mol. The van der Waals surface area contributed by atoms with E-state index in [0.29, 0.717) is 37.4 Å². The lowest BCUT2D eigenvalue weighted by Crippen LogP contribution is -2.36. The fourth-order valence-electron chi connectivity index (χ4n) is 4.75. The van der Waals surface area contributed by atoms with Gasteiger partial charge < -0.3 is 14.4 Å². The summed E-state index contributed by atoms with van der Waals surface area (Å²) in [5.74, 6) is -4.45. The Kier molecular flexibility index (Phi) is 10.1. The number of rotatable bonds is 10. The van der Waals surface area contributed by atoms with Crippen molar-refractivity contribution in [3.63, 3.8) is 0 Å². The van der Waals surface area contributed by atoms with E-state index in [2.05, 4.69) is 19.9 Å².